The number of benzene rings is 1. The molecule has 1 aliphatic heterocycles. The minimum Gasteiger partial charge on any atom is -0.363 e. The van der Waals surface area contributed by atoms with Gasteiger partial charge in [0.25, 0.3) is 0 Å². The third kappa shape index (κ3) is 3.53. The number of nitrogens with one attached hydrogen (secondary N) is 1. The molecule has 0 spiro atoms. The van der Waals surface area contributed by atoms with E-state index in [-0.39, 0.29) is 17.8 Å². The van der Waals surface area contributed by atoms with E-state index in [1.165, 1.54) is 12.1 Å². The summed E-state index contributed by atoms with van der Waals surface area (Å²) in [5.74, 6) is 1.17. The number of hydrogen-bond donors (Lipinski definition) is 1. The van der Waals surface area contributed by atoms with Gasteiger partial charge in [0.15, 0.2) is 0 Å². The molecule has 1 unspecified atom stereocenters. The summed E-state index contributed by atoms with van der Waals surface area (Å²) in [6.07, 6.45) is 0.736. The van der Waals surface area contributed by atoms with Crippen LogP contribution in [0.5, 0.6) is 0 Å². The summed E-state index contributed by atoms with van der Waals surface area (Å²) in [7, 11) is 0. The third-order valence-corrected chi connectivity index (χ3v) is 4.26. The van der Waals surface area contributed by atoms with Crippen LogP contribution in [0.1, 0.15) is 42.0 Å². The summed E-state index contributed by atoms with van der Waals surface area (Å²) >= 11 is 0. The first kappa shape index (κ1) is 16.4. The van der Waals surface area contributed by atoms with Crippen LogP contribution in [0.4, 0.5) is 10.2 Å². The van der Waals surface area contributed by atoms with Gasteiger partial charge in [0.1, 0.15) is 17.5 Å². The molecule has 0 fully saturated rings. The van der Waals surface area contributed by atoms with E-state index in [1.54, 1.807) is 17.9 Å². The maximum atomic E-state index is 13.7. The monoisotopic (exact) mass is 328 g/mol. The highest BCUT2D eigenvalue weighted by Crippen LogP contribution is 2.30. The number of aromatic nitrogens is 2. The van der Waals surface area contributed by atoms with Crippen molar-refractivity contribution in [2.45, 2.75) is 39.8 Å². The van der Waals surface area contributed by atoms with Crippen molar-refractivity contribution in [2.75, 3.05) is 11.9 Å². The molecule has 0 radical (unpaired) electrons. The van der Waals surface area contributed by atoms with Crippen molar-refractivity contribution >= 4 is 11.7 Å². The minimum atomic E-state index is -0.286. The Bertz CT molecular complexity index is 757. The van der Waals surface area contributed by atoms with E-state index in [4.69, 9.17) is 0 Å². The largest absolute Gasteiger partial charge is 0.363 e. The smallest absolute Gasteiger partial charge is 0.219 e. The summed E-state index contributed by atoms with van der Waals surface area (Å²) in [4.78, 5) is 22.2. The molecule has 24 heavy (non-hydrogen) atoms. The zero-order chi connectivity index (χ0) is 17.3. The zero-order valence-electron chi connectivity index (χ0n) is 14.1. The van der Waals surface area contributed by atoms with Crippen molar-refractivity contribution in [3.8, 4) is 0 Å². The number of amides is 1. The number of hydrogen-bond acceptors (Lipinski definition) is 4. The van der Waals surface area contributed by atoms with Crippen molar-refractivity contribution in [3.63, 3.8) is 0 Å². The standard InChI is InChI=1S/C18H21FN4O/c1-11-8-18(21-12(2)20-11)22-17-6-7-23(13(3)24)10-14-9-15(19)4-5-16(14)17/h4-5,8-9,17H,6-7,10H2,1-3H3,(H,20,21,22). The Kier molecular flexibility index (Phi) is 4.46. The van der Waals surface area contributed by atoms with Crippen LogP contribution in [-0.2, 0) is 11.3 Å². The molecule has 126 valence electrons. The van der Waals surface area contributed by atoms with E-state index in [0.29, 0.717) is 18.9 Å². The third-order valence-electron chi connectivity index (χ3n) is 4.26. The molecule has 3 rings (SSSR count). The number of anilines is 1. The predicted molar refractivity (Wildman–Crippen MR) is 90.0 cm³/mol. The molecular weight excluding hydrogens is 307 g/mol. The number of rotatable bonds is 2. The highest BCUT2D eigenvalue weighted by Gasteiger charge is 2.24. The quantitative estimate of drug-likeness (QED) is 0.920. The van der Waals surface area contributed by atoms with Crippen molar-refractivity contribution < 1.29 is 9.18 Å². The number of aryl methyl sites for hydroxylation is 2. The Hall–Kier alpha value is -2.50. The molecule has 1 aliphatic rings. The Labute approximate surface area is 140 Å². The van der Waals surface area contributed by atoms with Crippen LogP contribution in [0, 0.1) is 19.7 Å². The van der Waals surface area contributed by atoms with Crippen LogP contribution in [-0.4, -0.2) is 27.3 Å². The lowest BCUT2D eigenvalue weighted by molar-refractivity contribution is -0.129. The van der Waals surface area contributed by atoms with E-state index in [1.807, 2.05) is 19.9 Å². The molecule has 2 aromatic rings. The normalized spacial score (nSPS) is 17.2. The lowest BCUT2D eigenvalue weighted by Gasteiger charge is -2.20. The number of halogens is 1. The van der Waals surface area contributed by atoms with E-state index >= 15 is 0 Å². The average molecular weight is 328 g/mol. The second kappa shape index (κ2) is 6.55. The van der Waals surface area contributed by atoms with Crippen molar-refractivity contribution in [1.29, 1.82) is 0 Å². The van der Waals surface area contributed by atoms with Gasteiger partial charge in [-0.1, -0.05) is 6.07 Å². The molecule has 1 aromatic carbocycles. The second-order valence-corrected chi connectivity index (χ2v) is 6.21. The molecule has 1 atom stereocenters. The summed E-state index contributed by atoms with van der Waals surface area (Å²) < 4.78 is 13.7. The fourth-order valence-electron chi connectivity index (χ4n) is 3.16. The van der Waals surface area contributed by atoms with Gasteiger partial charge in [-0.15, -0.1) is 0 Å². The predicted octanol–water partition coefficient (Wildman–Crippen LogP) is 3.14. The molecule has 1 aromatic heterocycles. The van der Waals surface area contributed by atoms with Crippen molar-refractivity contribution in [2.24, 2.45) is 0 Å². The van der Waals surface area contributed by atoms with Crippen LogP contribution in [0.25, 0.3) is 0 Å². The first-order chi connectivity index (χ1) is 11.4. The summed E-state index contributed by atoms with van der Waals surface area (Å²) in [5, 5.41) is 3.43. The zero-order valence-corrected chi connectivity index (χ0v) is 14.1. The number of carbonyl (C=O) groups is 1. The summed E-state index contributed by atoms with van der Waals surface area (Å²) in [6, 6.07) is 6.64. The topological polar surface area (TPSA) is 58.1 Å². The average Bonchev–Trinajstić information content (AvgIpc) is 2.65. The van der Waals surface area contributed by atoms with Crippen LogP contribution in [0.3, 0.4) is 0 Å². The van der Waals surface area contributed by atoms with E-state index in [2.05, 4.69) is 15.3 Å². The SMILES string of the molecule is CC(=O)N1CCC(Nc2cc(C)nc(C)n2)c2ccc(F)cc2C1. The van der Waals surface area contributed by atoms with Crippen LogP contribution in [0.15, 0.2) is 24.3 Å². The Morgan fingerprint density at radius 3 is 2.79 bits per heavy atom. The molecule has 1 amide bonds. The minimum absolute atomic E-state index is 0.000383. The first-order valence-corrected chi connectivity index (χ1v) is 8.05. The molecule has 0 saturated carbocycles. The van der Waals surface area contributed by atoms with E-state index in [9.17, 15) is 9.18 Å². The highest BCUT2D eigenvalue weighted by atomic mass is 19.1. The van der Waals surface area contributed by atoms with Gasteiger partial charge in [-0.25, -0.2) is 14.4 Å². The van der Waals surface area contributed by atoms with Crippen molar-refractivity contribution in [3.05, 3.63) is 52.7 Å². The summed E-state index contributed by atoms with van der Waals surface area (Å²) in [5.41, 5.74) is 2.74. The Morgan fingerprint density at radius 2 is 2.08 bits per heavy atom. The van der Waals surface area contributed by atoms with Gasteiger partial charge in [-0.3, -0.25) is 4.79 Å². The Morgan fingerprint density at radius 1 is 1.29 bits per heavy atom. The van der Waals surface area contributed by atoms with Gasteiger partial charge in [-0.2, -0.15) is 0 Å². The van der Waals surface area contributed by atoms with Crippen LogP contribution in [0.2, 0.25) is 0 Å². The van der Waals surface area contributed by atoms with Gasteiger partial charge in [0, 0.05) is 31.8 Å². The fraction of sp³-hybridized carbons (Fsp3) is 0.389. The molecule has 0 bridgehead atoms. The molecular formula is C18H21FN4O. The highest BCUT2D eigenvalue weighted by molar-refractivity contribution is 5.73. The molecule has 0 aliphatic carbocycles. The fourth-order valence-corrected chi connectivity index (χ4v) is 3.16. The van der Waals surface area contributed by atoms with Gasteiger partial charge in [-0.05, 0) is 43.5 Å². The maximum absolute atomic E-state index is 13.7. The number of fused-ring (bicyclic) bond motifs is 1. The first-order valence-electron chi connectivity index (χ1n) is 8.05. The molecule has 6 heteroatoms. The summed E-state index contributed by atoms with van der Waals surface area (Å²) in [6.45, 7) is 6.37. The number of nitrogens with zero attached hydrogens (tertiary/aromatic N) is 3. The Balaban J connectivity index is 1.94. The van der Waals surface area contributed by atoms with E-state index < -0.39 is 0 Å². The number of carbonyl (C=O) groups excluding carboxylic acids is 1. The molecule has 0 saturated heterocycles. The van der Waals surface area contributed by atoms with Gasteiger partial charge in [0.05, 0.1) is 6.04 Å². The van der Waals surface area contributed by atoms with Crippen LogP contribution >= 0.6 is 0 Å². The van der Waals surface area contributed by atoms with E-state index in [0.717, 1.165) is 29.1 Å². The molecule has 5 nitrogen and oxygen atoms in total. The maximum Gasteiger partial charge on any atom is 0.219 e. The van der Waals surface area contributed by atoms with Gasteiger partial charge < -0.3 is 10.2 Å². The van der Waals surface area contributed by atoms with Gasteiger partial charge >= 0.3 is 0 Å². The van der Waals surface area contributed by atoms with Crippen LogP contribution < -0.4 is 5.32 Å². The van der Waals surface area contributed by atoms with Crippen molar-refractivity contribution in [1.82, 2.24) is 14.9 Å². The second-order valence-electron chi connectivity index (χ2n) is 6.21. The lowest BCUT2D eigenvalue weighted by atomic mass is 9.99. The van der Waals surface area contributed by atoms with Gasteiger partial charge in [0.2, 0.25) is 5.91 Å². The molecule has 2 heterocycles. The molecule has 1 N–H and O–H groups in total. The lowest BCUT2D eigenvalue weighted by Crippen LogP contribution is -2.28.